The molecule has 0 spiro atoms. The van der Waals surface area contributed by atoms with Crippen LogP contribution in [0, 0.1) is 0 Å². The maximum atomic E-state index is 6.18. The number of benzene rings is 1. The van der Waals surface area contributed by atoms with Crippen molar-refractivity contribution in [1.82, 2.24) is 4.98 Å². The summed E-state index contributed by atoms with van der Waals surface area (Å²) in [5.74, 6) is 0. The Kier molecular flexibility index (Phi) is 3.22. The second kappa shape index (κ2) is 4.64. The van der Waals surface area contributed by atoms with Gasteiger partial charge in [-0.15, -0.1) is 0 Å². The van der Waals surface area contributed by atoms with E-state index in [9.17, 15) is 0 Å². The zero-order chi connectivity index (χ0) is 11.5. The van der Waals surface area contributed by atoms with Crippen LogP contribution in [-0.4, -0.2) is 4.98 Å². The molecule has 0 bridgehead atoms. The van der Waals surface area contributed by atoms with Gasteiger partial charge in [0.15, 0.2) is 0 Å². The lowest BCUT2D eigenvalue weighted by Gasteiger charge is -2.10. The zero-order valence-corrected chi connectivity index (χ0v) is 9.78. The highest BCUT2D eigenvalue weighted by atomic mass is 35.5. The largest absolute Gasteiger partial charge is 0.324 e. The third-order valence-electron chi connectivity index (χ3n) is 2.50. The third-order valence-corrected chi connectivity index (χ3v) is 2.83. The highest BCUT2D eigenvalue weighted by Gasteiger charge is 2.06. The van der Waals surface area contributed by atoms with E-state index >= 15 is 0 Å². The SMILES string of the molecule is CC(N)c1ccc(-c2ccncc2)cc1Cl. The lowest BCUT2D eigenvalue weighted by molar-refractivity contribution is 0.819. The van der Waals surface area contributed by atoms with Crippen molar-refractivity contribution in [3.63, 3.8) is 0 Å². The van der Waals surface area contributed by atoms with Crippen LogP contribution in [0.4, 0.5) is 0 Å². The van der Waals surface area contributed by atoms with Crippen LogP contribution in [-0.2, 0) is 0 Å². The highest BCUT2D eigenvalue weighted by Crippen LogP contribution is 2.27. The lowest BCUT2D eigenvalue weighted by Crippen LogP contribution is -2.05. The number of hydrogen-bond donors (Lipinski definition) is 1. The van der Waals surface area contributed by atoms with E-state index in [2.05, 4.69) is 4.98 Å². The Bertz CT molecular complexity index is 481. The summed E-state index contributed by atoms with van der Waals surface area (Å²) in [6.07, 6.45) is 3.53. The van der Waals surface area contributed by atoms with Gasteiger partial charge in [0.25, 0.3) is 0 Å². The molecule has 1 aromatic heterocycles. The van der Waals surface area contributed by atoms with Gasteiger partial charge in [0, 0.05) is 23.5 Å². The number of nitrogens with zero attached hydrogens (tertiary/aromatic N) is 1. The van der Waals surface area contributed by atoms with E-state index in [-0.39, 0.29) is 6.04 Å². The van der Waals surface area contributed by atoms with E-state index in [1.807, 2.05) is 37.3 Å². The molecule has 1 aromatic carbocycles. The Labute approximate surface area is 100 Å². The van der Waals surface area contributed by atoms with Gasteiger partial charge in [0.2, 0.25) is 0 Å². The van der Waals surface area contributed by atoms with Gasteiger partial charge in [0.05, 0.1) is 0 Å². The van der Waals surface area contributed by atoms with Crippen LogP contribution in [0.2, 0.25) is 5.02 Å². The van der Waals surface area contributed by atoms with Crippen molar-refractivity contribution in [2.75, 3.05) is 0 Å². The first-order chi connectivity index (χ1) is 7.68. The molecule has 0 aliphatic rings. The summed E-state index contributed by atoms with van der Waals surface area (Å²) in [7, 11) is 0. The Morgan fingerprint density at radius 1 is 1.12 bits per heavy atom. The average Bonchev–Trinajstić information content (AvgIpc) is 2.29. The Morgan fingerprint density at radius 2 is 1.81 bits per heavy atom. The molecule has 0 radical (unpaired) electrons. The minimum Gasteiger partial charge on any atom is -0.324 e. The number of hydrogen-bond acceptors (Lipinski definition) is 2. The normalized spacial score (nSPS) is 12.4. The van der Waals surface area contributed by atoms with Gasteiger partial charge in [-0.3, -0.25) is 4.98 Å². The summed E-state index contributed by atoms with van der Waals surface area (Å²) in [4.78, 5) is 3.99. The molecule has 0 saturated carbocycles. The molecule has 2 N–H and O–H groups in total. The topological polar surface area (TPSA) is 38.9 Å². The van der Waals surface area contributed by atoms with Crippen molar-refractivity contribution in [1.29, 1.82) is 0 Å². The maximum absolute atomic E-state index is 6.18. The van der Waals surface area contributed by atoms with Gasteiger partial charge in [-0.2, -0.15) is 0 Å². The van der Waals surface area contributed by atoms with Crippen molar-refractivity contribution in [3.05, 3.63) is 53.3 Å². The maximum Gasteiger partial charge on any atom is 0.0459 e. The quantitative estimate of drug-likeness (QED) is 0.862. The number of rotatable bonds is 2. The van der Waals surface area contributed by atoms with Crippen molar-refractivity contribution in [2.45, 2.75) is 13.0 Å². The van der Waals surface area contributed by atoms with Crippen molar-refractivity contribution >= 4 is 11.6 Å². The van der Waals surface area contributed by atoms with Gasteiger partial charge in [-0.05, 0) is 41.8 Å². The second-order valence-electron chi connectivity index (χ2n) is 3.76. The molecule has 0 amide bonds. The minimum absolute atomic E-state index is 0.0426. The van der Waals surface area contributed by atoms with E-state index in [1.165, 1.54) is 0 Å². The van der Waals surface area contributed by atoms with Crippen LogP contribution in [0.5, 0.6) is 0 Å². The fourth-order valence-corrected chi connectivity index (χ4v) is 1.97. The van der Waals surface area contributed by atoms with Crippen molar-refractivity contribution in [2.24, 2.45) is 5.73 Å². The zero-order valence-electron chi connectivity index (χ0n) is 9.02. The van der Waals surface area contributed by atoms with Gasteiger partial charge in [0.1, 0.15) is 0 Å². The minimum atomic E-state index is -0.0426. The van der Waals surface area contributed by atoms with E-state index in [0.717, 1.165) is 16.7 Å². The van der Waals surface area contributed by atoms with Gasteiger partial charge < -0.3 is 5.73 Å². The second-order valence-corrected chi connectivity index (χ2v) is 4.17. The van der Waals surface area contributed by atoms with Gasteiger partial charge in [-0.25, -0.2) is 0 Å². The molecule has 0 aliphatic heterocycles. The van der Waals surface area contributed by atoms with Crippen LogP contribution >= 0.6 is 11.6 Å². The standard InChI is InChI=1S/C13H13ClN2/c1-9(15)12-3-2-11(8-13(12)14)10-4-6-16-7-5-10/h2-9H,15H2,1H3. The summed E-state index contributed by atoms with van der Waals surface area (Å²) in [5, 5.41) is 0.712. The first kappa shape index (κ1) is 11.1. The van der Waals surface area contributed by atoms with Crippen LogP contribution in [0.25, 0.3) is 11.1 Å². The lowest BCUT2D eigenvalue weighted by atomic mass is 10.0. The summed E-state index contributed by atoms with van der Waals surface area (Å²) in [6, 6.07) is 9.81. The molecule has 2 aromatic rings. The molecule has 82 valence electrons. The Morgan fingerprint density at radius 3 is 2.38 bits per heavy atom. The fraction of sp³-hybridized carbons (Fsp3) is 0.154. The molecule has 0 fully saturated rings. The molecule has 0 aliphatic carbocycles. The number of aromatic nitrogens is 1. The fourth-order valence-electron chi connectivity index (χ4n) is 1.62. The molecule has 2 rings (SSSR count). The molecule has 1 unspecified atom stereocenters. The number of halogens is 1. The van der Waals surface area contributed by atoms with E-state index in [4.69, 9.17) is 17.3 Å². The van der Waals surface area contributed by atoms with Crippen molar-refractivity contribution in [3.8, 4) is 11.1 Å². The predicted octanol–water partition coefficient (Wildman–Crippen LogP) is 3.42. The molecular formula is C13H13ClN2. The van der Waals surface area contributed by atoms with Gasteiger partial charge >= 0.3 is 0 Å². The van der Waals surface area contributed by atoms with Crippen LogP contribution < -0.4 is 5.73 Å². The van der Waals surface area contributed by atoms with Crippen molar-refractivity contribution < 1.29 is 0 Å². The Balaban J connectivity index is 2.43. The predicted molar refractivity (Wildman–Crippen MR) is 67.3 cm³/mol. The summed E-state index contributed by atoms with van der Waals surface area (Å²) >= 11 is 6.18. The molecule has 3 heteroatoms. The Hall–Kier alpha value is -1.38. The van der Waals surface area contributed by atoms with E-state index in [1.54, 1.807) is 12.4 Å². The number of pyridine rings is 1. The van der Waals surface area contributed by atoms with Crippen LogP contribution in [0.15, 0.2) is 42.7 Å². The van der Waals surface area contributed by atoms with E-state index < -0.39 is 0 Å². The summed E-state index contributed by atoms with van der Waals surface area (Å²) in [5.41, 5.74) is 8.97. The smallest absolute Gasteiger partial charge is 0.0459 e. The molecule has 0 saturated heterocycles. The monoisotopic (exact) mass is 232 g/mol. The molecule has 16 heavy (non-hydrogen) atoms. The molecule has 1 heterocycles. The highest BCUT2D eigenvalue weighted by molar-refractivity contribution is 6.31. The van der Waals surface area contributed by atoms with Gasteiger partial charge in [-0.1, -0.05) is 23.7 Å². The van der Waals surface area contributed by atoms with Crippen LogP contribution in [0.3, 0.4) is 0 Å². The number of nitrogens with two attached hydrogens (primary N) is 1. The van der Waals surface area contributed by atoms with Crippen LogP contribution in [0.1, 0.15) is 18.5 Å². The average molecular weight is 233 g/mol. The summed E-state index contributed by atoms with van der Waals surface area (Å²) in [6.45, 7) is 1.92. The first-order valence-electron chi connectivity index (χ1n) is 5.14. The summed E-state index contributed by atoms with van der Waals surface area (Å²) < 4.78 is 0. The molecule has 1 atom stereocenters. The molecule has 2 nitrogen and oxygen atoms in total. The molecular weight excluding hydrogens is 220 g/mol. The van der Waals surface area contributed by atoms with E-state index in [0.29, 0.717) is 5.02 Å². The third kappa shape index (κ3) is 2.23. The first-order valence-corrected chi connectivity index (χ1v) is 5.51.